The number of rotatable bonds is 2. The van der Waals surface area contributed by atoms with Gasteiger partial charge in [-0.15, -0.1) is 0 Å². The van der Waals surface area contributed by atoms with Gasteiger partial charge in [-0.2, -0.15) is 0 Å². The Morgan fingerprint density at radius 3 is 2.63 bits per heavy atom. The molecule has 3 unspecified atom stereocenters. The SMILES string of the molecule is O=C(O)C1C2CCCC2CN1C(=O)[C@@H]1CCCCN1. The summed E-state index contributed by atoms with van der Waals surface area (Å²) in [6.07, 6.45) is 6.17. The fraction of sp³-hybridized carbons (Fsp3) is 0.857. The van der Waals surface area contributed by atoms with Gasteiger partial charge >= 0.3 is 5.97 Å². The van der Waals surface area contributed by atoms with Gasteiger partial charge in [-0.3, -0.25) is 4.79 Å². The Kier molecular flexibility index (Phi) is 3.48. The summed E-state index contributed by atoms with van der Waals surface area (Å²) in [4.78, 5) is 25.7. The van der Waals surface area contributed by atoms with Gasteiger partial charge in [0.25, 0.3) is 0 Å². The first-order valence-corrected chi connectivity index (χ1v) is 7.45. The first-order valence-electron chi connectivity index (χ1n) is 7.45. The van der Waals surface area contributed by atoms with Crippen LogP contribution in [-0.4, -0.2) is 47.1 Å². The summed E-state index contributed by atoms with van der Waals surface area (Å²) in [5, 5.41) is 12.7. The third kappa shape index (κ3) is 2.24. The van der Waals surface area contributed by atoms with Crippen LogP contribution in [0.2, 0.25) is 0 Å². The number of hydrogen-bond donors (Lipinski definition) is 2. The van der Waals surface area contributed by atoms with E-state index in [9.17, 15) is 14.7 Å². The minimum atomic E-state index is -0.821. The van der Waals surface area contributed by atoms with Gasteiger partial charge in [-0.25, -0.2) is 4.79 Å². The van der Waals surface area contributed by atoms with Crippen molar-refractivity contribution in [3.05, 3.63) is 0 Å². The van der Waals surface area contributed by atoms with Crippen molar-refractivity contribution in [2.24, 2.45) is 11.8 Å². The van der Waals surface area contributed by atoms with Gasteiger partial charge in [0, 0.05) is 6.54 Å². The van der Waals surface area contributed by atoms with E-state index in [0.29, 0.717) is 12.5 Å². The summed E-state index contributed by atoms with van der Waals surface area (Å²) in [5.74, 6) is -0.209. The third-order valence-electron chi connectivity index (χ3n) is 5.03. The molecule has 0 aromatic carbocycles. The monoisotopic (exact) mass is 266 g/mol. The summed E-state index contributed by atoms with van der Waals surface area (Å²) < 4.78 is 0. The molecule has 0 aromatic rings. The van der Waals surface area contributed by atoms with Gasteiger partial charge < -0.3 is 15.3 Å². The van der Waals surface area contributed by atoms with E-state index >= 15 is 0 Å². The minimum absolute atomic E-state index is 0.0153. The molecule has 1 saturated carbocycles. The van der Waals surface area contributed by atoms with Crippen molar-refractivity contribution >= 4 is 11.9 Å². The smallest absolute Gasteiger partial charge is 0.326 e. The molecule has 0 bridgehead atoms. The van der Waals surface area contributed by atoms with Gasteiger partial charge in [0.15, 0.2) is 0 Å². The standard InChI is InChI=1S/C14H22N2O3/c17-13(11-6-1-2-7-15-11)16-8-9-4-3-5-10(9)12(16)14(18)19/h9-12,15H,1-8H2,(H,18,19)/t9?,10?,11-,12?/m0/s1. The van der Waals surface area contributed by atoms with E-state index < -0.39 is 12.0 Å². The number of nitrogens with zero attached hydrogens (tertiary/aromatic N) is 1. The van der Waals surface area contributed by atoms with Crippen LogP contribution in [0.4, 0.5) is 0 Å². The highest BCUT2D eigenvalue weighted by Gasteiger charge is 2.50. The largest absolute Gasteiger partial charge is 0.480 e. The van der Waals surface area contributed by atoms with E-state index in [2.05, 4.69) is 5.32 Å². The van der Waals surface area contributed by atoms with Crippen LogP contribution < -0.4 is 5.32 Å². The highest BCUT2D eigenvalue weighted by atomic mass is 16.4. The molecule has 0 aromatic heterocycles. The number of fused-ring (bicyclic) bond motifs is 1. The molecule has 3 rings (SSSR count). The molecule has 1 amide bonds. The van der Waals surface area contributed by atoms with Crippen molar-refractivity contribution in [3.8, 4) is 0 Å². The number of carboxylic acids is 1. The zero-order chi connectivity index (χ0) is 13.4. The van der Waals surface area contributed by atoms with Crippen LogP contribution in [0, 0.1) is 11.8 Å². The predicted octanol–water partition coefficient (Wildman–Crippen LogP) is 0.840. The average molecular weight is 266 g/mol. The van der Waals surface area contributed by atoms with Crippen LogP contribution in [0.5, 0.6) is 0 Å². The van der Waals surface area contributed by atoms with Gasteiger partial charge in [0.05, 0.1) is 6.04 Å². The highest BCUT2D eigenvalue weighted by molar-refractivity contribution is 5.88. The Bertz CT molecular complexity index is 379. The lowest BCUT2D eigenvalue weighted by Crippen LogP contribution is -2.52. The molecule has 3 fully saturated rings. The second-order valence-electron chi connectivity index (χ2n) is 6.13. The summed E-state index contributed by atoms with van der Waals surface area (Å²) in [6.45, 7) is 1.52. The summed E-state index contributed by atoms with van der Waals surface area (Å²) in [6, 6.07) is -0.738. The van der Waals surface area contributed by atoms with Gasteiger partial charge in [-0.1, -0.05) is 12.8 Å². The first kappa shape index (κ1) is 12.9. The molecular weight excluding hydrogens is 244 g/mol. The first-order chi connectivity index (χ1) is 9.18. The molecule has 2 aliphatic heterocycles. The Labute approximate surface area is 113 Å². The molecule has 5 nitrogen and oxygen atoms in total. The quantitative estimate of drug-likeness (QED) is 0.777. The van der Waals surface area contributed by atoms with E-state index in [4.69, 9.17) is 0 Å². The molecule has 0 spiro atoms. The van der Waals surface area contributed by atoms with E-state index in [1.54, 1.807) is 4.90 Å². The summed E-state index contributed by atoms with van der Waals surface area (Å²) >= 11 is 0. The Morgan fingerprint density at radius 1 is 1.11 bits per heavy atom. The second kappa shape index (κ2) is 5.12. The highest BCUT2D eigenvalue weighted by Crippen LogP contribution is 2.42. The average Bonchev–Trinajstić information content (AvgIpc) is 2.98. The van der Waals surface area contributed by atoms with E-state index in [-0.39, 0.29) is 17.9 Å². The van der Waals surface area contributed by atoms with Crippen molar-refractivity contribution in [2.45, 2.75) is 50.6 Å². The Morgan fingerprint density at radius 2 is 1.95 bits per heavy atom. The van der Waals surface area contributed by atoms with Crippen LogP contribution in [0.25, 0.3) is 0 Å². The van der Waals surface area contributed by atoms with Crippen molar-refractivity contribution in [1.29, 1.82) is 0 Å². The molecule has 2 heterocycles. The van der Waals surface area contributed by atoms with Crippen LogP contribution in [-0.2, 0) is 9.59 Å². The molecule has 4 atom stereocenters. The van der Waals surface area contributed by atoms with Crippen LogP contribution in [0.15, 0.2) is 0 Å². The zero-order valence-corrected chi connectivity index (χ0v) is 11.2. The maximum atomic E-state index is 12.5. The fourth-order valence-corrected chi connectivity index (χ4v) is 4.11. The molecule has 5 heteroatoms. The molecule has 2 N–H and O–H groups in total. The molecule has 1 aliphatic carbocycles. The second-order valence-corrected chi connectivity index (χ2v) is 6.13. The van der Waals surface area contributed by atoms with Crippen molar-refractivity contribution in [2.75, 3.05) is 13.1 Å². The third-order valence-corrected chi connectivity index (χ3v) is 5.03. The molecular formula is C14H22N2O3. The molecule has 106 valence electrons. The van der Waals surface area contributed by atoms with Crippen molar-refractivity contribution in [3.63, 3.8) is 0 Å². The maximum Gasteiger partial charge on any atom is 0.326 e. The number of hydrogen-bond acceptors (Lipinski definition) is 3. The topological polar surface area (TPSA) is 69.6 Å². The number of nitrogens with one attached hydrogen (secondary N) is 1. The van der Waals surface area contributed by atoms with Gasteiger partial charge in [0.2, 0.25) is 5.91 Å². The lowest BCUT2D eigenvalue weighted by molar-refractivity contribution is -0.150. The maximum absolute atomic E-state index is 12.5. The number of carboxylic acid groups (broad SMARTS) is 1. The van der Waals surface area contributed by atoms with Crippen LogP contribution >= 0.6 is 0 Å². The number of carbonyl (C=O) groups is 2. The lowest BCUT2D eigenvalue weighted by Gasteiger charge is -2.30. The van der Waals surface area contributed by atoms with E-state index in [1.165, 1.54) is 0 Å². The fourth-order valence-electron chi connectivity index (χ4n) is 4.11. The van der Waals surface area contributed by atoms with Crippen LogP contribution in [0.3, 0.4) is 0 Å². The Hall–Kier alpha value is -1.10. The molecule has 0 radical (unpaired) electrons. The number of carbonyl (C=O) groups excluding carboxylic acids is 1. The Balaban J connectivity index is 1.75. The van der Waals surface area contributed by atoms with E-state index in [0.717, 1.165) is 45.1 Å². The number of amides is 1. The summed E-state index contributed by atoms with van der Waals surface area (Å²) in [7, 11) is 0. The predicted molar refractivity (Wildman–Crippen MR) is 69.6 cm³/mol. The van der Waals surface area contributed by atoms with Crippen molar-refractivity contribution in [1.82, 2.24) is 10.2 Å². The van der Waals surface area contributed by atoms with E-state index in [1.807, 2.05) is 0 Å². The number of aliphatic carboxylic acids is 1. The molecule has 19 heavy (non-hydrogen) atoms. The molecule has 2 saturated heterocycles. The molecule has 3 aliphatic rings. The normalized spacial score (nSPS) is 38.2. The summed E-state index contributed by atoms with van der Waals surface area (Å²) in [5.41, 5.74) is 0. The lowest BCUT2D eigenvalue weighted by atomic mass is 9.94. The van der Waals surface area contributed by atoms with Gasteiger partial charge in [0.1, 0.15) is 6.04 Å². The number of piperidine rings is 1. The van der Waals surface area contributed by atoms with Crippen LogP contribution in [0.1, 0.15) is 38.5 Å². The number of likely N-dealkylation sites (tertiary alicyclic amines) is 1. The van der Waals surface area contributed by atoms with Crippen molar-refractivity contribution < 1.29 is 14.7 Å². The zero-order valence-electron chi connectivity index (χ0n) is 11.2. The van der Waals surface area contributed by atoms with Gasteiger partial charge in [-0.05, 0) is 44.1 Å². The minimum Gasteiger partial charge on any atom is -0.480 e.